The highest BCUT2D eigenvalue weighted by atomic mass is 127. The second-order valence-electron chi connectivity index (χ2n) is 4.98. The number of hydrogen-bond acceptors (Lipinski definition) is 3. The minimum atomic E-state index is -3.09. The van der Waals surface area contributed by atoms with E-state index in [-0.39, 0.29) is 29.7 Å². The van der Waals surface area contributed by atoms with Crippen molar-refractivity contribution in [3.63, 3.8) is 0 Å². The number of hydrogen-bond donors (Lipinski definition) is 2. The Balaban J connectivity index is 0. The molecule has 110 valence electrons. The molecule has 0 aromatic heterocycles. The van der Waals surface area contributed by atoms with Gasteiger partial charge in [-0.1, -0.05) is 13.3 Å². The molecule has 0 aromatic rings. The van der Waals surface area contributed by atoms with Crippen LogP contribution < -0.4 is 11.1 Å². The van der Waals surface area contributed by atoms with Crippen molar-refractivity contribution in [1.29, 1.82) is 0 Å². The number of rotatable bonds is 6. The summed E-state index contributed by atoms with van der Waals surface area (Å²) in [6, 6.07) is 0. The second-order valence-corrected chi connectivity index (χ2v) is 7.84. The van der Waals surface area contributed by atoms with E-state index >= 15 is 0 Å². The van der Waals surface area contributed by atoms with Crippen LogP contribution in [0.1, 0.15) is 40.5 Å². The second kappa shape index (κ2) is 8.95. The van der Waals surface area contributed by atoms with Gasteiger partial charge >= 0.3 is 0 Å². The van der Waals surface area contributed by atoms with E-state index in [4.69, 9.17) is 5.73 Å². The van der Waals surface area contributed by atoms with Gasteiger partial charge in [0.25, 0.3) is 0 Å². The van der Waals surface area contributed by atoms with Crippen LogP contribution in [-0.4, -0.2) is 38.0 Å². The molecule has 0 amide bonds. The summed E-state index contributed by atoms with van der Waals surface area (Å²) >= 11 is 0. The zero-order valence-corrected chi connectivity index (χ0v) is 14.8. The standard InChI is InChI=1S/C11H25N3O2S.HI/c1-5-6-7-13-10(12)14-8-9-17(15,16)11(2,3)4;/h5-9H2,1-4H3,(H3,12,13,14);1H. The molecule has 0 aliphatic carbocycles. The van der Waals surface area contributed by atoms with E-state index in [0.717, 1.165) is 12.8 Å². The van der Waals surface area contributed by atoms with E-state index in [2.05, 4.69) is 17.2 Å². The van der Waals surface area contributed by atoms with Crippen molar-refractivity contribution in [2.75, 3.05) is 18.8 Å². The lowest BCUT2D eigenvalue weighted by molar-refractivity contribution is 0.559. The van der Waals surface area contributed by atoms with Crippen molar-refractivity contribution < 1.29 is 8.42 Å². The molecule has 0 atom stereocenters. The largest absolute Gasteiger partial charge is 0.370 e. The summed E-state index contributed by atoms with van der Waals surface area (Å²) in [5.41, 5.74) is 5.60. The van der Waals surface area contributed by atoms with E-state index in [1.807, 2.05) is 0 Å². The molecule has 0 saturated carbocycles. The Morgan fingerprint density at radius 2 is 1.89 bits per heavy atom. The molecule has 0 bridgehead atoms. The Morgan fingerprint density at radius 3 is 2.33 bits per heavy atom. The van der Waals surface area contributed by atoms with Gasteiger partial charge in [0.2, 0.25) is 0 Å². The third kappa shape index (κ3) is 8.12. The normalized spacial score (nSPS) is 13.0. The van der Waals surface area contributed by atoms with Crippen LogP contribution in [0.5, 0.6) is 0 Å². The fourth-order valence-electron chi connectivity index (χ4n) is 1.03. The fraction of sp³-hybridized carbons (Fsp3) is 0.909. The summed E-state index contributed by atoms with van der Waals surface area (Å²) in [5, 5.41) is 2.82. The van der Waals surface area contributed by atoms with Gasteiger partial charge in [-0.2, -0.15) is 0 Å². The lowest BCUT2D eigenvalue weighted by Gasteiger charge is -2.19. The minimum Gasteiger partial charge on any atom is -0.370 e. The van der Waals surface area contributed by atoms with E-state index in [1.165, 1.54) is 0 Å². The first-order chi connectivity index (χ1) is 7.70. The van der Waals surface area contributed by atoms with Crippen LogP contribution >= 0.6 is 24.0 Å². The van der Waals surface area contributed by atoms with E-state index in [0.29, 0.717) is 19.0 Å². The fourth-order valence-corrected chi connectivity index (χ4v) is 2.02. The Hall–Kier alpha value is -0.0500. The molecular weight excluding hydrogens is 365 g/mol. The average Bonchev–Trinajstić information content (AvgIpc) is 2.16. The van der Waals surface area contributed by atoms with Gasteiger partial charge in [-0.3, -0.25) is 4.99 Å². The van der Waals surface area contributed by atoms with Crippen LogP contribution in [0.25, 0.3) is 0 Å². The van der Waals surface area contributed by atoms with Crippen LogP contribution in [0.15, 0.2) is 4.99 Å². The number of nitrogens with two attached hydrogens (primary N) is 1. The third-order valence-corrected chi connectivity index (χ3v) is 5.01. The number of halogens is 1. The van der Waals surface area contributed by atoms with Crippen molar-refractivity contribution in [1.82, 2.24) is 5.32 Å². The van der Waals surface area contributed by atoms with Crippen molar-refractivity contribution in [2.45, 2.75) is 45.3 Å². The Kier molecular flexibility index (Phi) is 10.1. The molecule has 3 N–H and O–H groups in total. The smallest absolute Gasteiger partial charge is 0.188 e. The van der Waals surface area contributed by atoms with Gasteiger partial charge < -0.3 is 11.1 Å². The molecular formula is C11H26IN3O2S. The van der Waals surface area contributed by atoms with Gasteiger partial charge in [0.1, 0.15) is 0 Å². The quantitative estimate of drug-likeness (QED) is 0.311. The predicted molar refractivity (Wildman–Crippen MR) is 88.4 cm³/mol. The zero-order chi connectivity index (χ0) is 13.5. The summed E-state index contributed by atoms with van der Waals surface area (Å²) in [5.74, 6) is 0.392. The molecule has 0 spiro atoms. The average molecular weight is 391 g/mol. The van der Waals surface area contributed by atoms with E-state index < -0.39 is 14.6 Å². The molecule has 5 nitrogen and oxygen atoms in total. The summed E-state index contributed by atoms with van der Waals surface area (Å²) in [6.07, 6.45) is 2.05. The first-order valence-electron chi connectivity index (χ1n) is 5.97. The summed E-state index contributed by atoms with van der Waals surface area (Å²) in [4.78, 5) is 4.08. The molecule has 18 heavy (non-hydrogen) atoms. The number of guanidine groups is 1. The number of nitrogens with one attached hydrogen (secondary N) is 1. The lowest BCUT2D eigenvalue weighted by atomic mass is 10.3. The Labute approximate surface area is 128 Å². The summed E-state index contributed by atoms with van der Waals surface area (Å²) in [7, 11) is -3.09. The molecule has 0 saturated heterocycles. The van der Waals surface area contributed by atoms with Crippen LogP contribution in [0, 0.1) is 0 Å². The predicted octanol–water partition coefficient (Wildman–Crippen LogP) is 1.52. The van der Waals surface area contributed by atoms with Gasteiger partial charge in [0.05, 0.1) is 10.5 Å². The van der Waals surface area contributed by atoms with Crippen molar-refractivity contribution >= 4 is 39.8 Å². The van der Waals surface area contributed by atoms with Gasteiger partial charge in [-0.15, -0.1) is 24.0 Å². The third-order valence-electron chi connectivity index (χ3n) is 2.40. The highest BCUT2D eigenvalue weighted by Crippen LogP contribution is 2.14. The monoisotopic (exact) mass is 391 g/mol. The molecule has 0 aromatic carbocycles. The van der Waals surface area contributed by atoms with Gasteiger partial charge in [0, 0.05) is 13.1 Å². The number of nitrogens with zero attached hydrogens (tertiary/aromatic N) is 1. The number of unbranched alkanes of at least 4 members (excludes halogenated alkanes) is 1. The first kappa shape index (κ1) is 20.3. The molecule has 0 fully saturated rings. The van der Waals surface area contributed by atoms with Crippen molar-refractivity contribution in [3.05, 3.63) is 0 Å². The molecule has 0 heterocycles. The topological polar surface area (TPSA) is 84.5 Å². The SMILES string of the molecule is CCCCN=C(N)NCCS(=O)(=O)C(C)(C)C.I. The zero-order valence-electron chi connectivity index (χ0n) is 11.7. The lowest BCUT2D eigenvalue weighted by Crippen LogP contribution is -2.39. The summed E-state index contributed by atoms with van der Waals surface area (Å²) < 4.78 is 22.8. The minimum absolute atomic E-state index is 0. The van der Waals surface area contributed by atoms with Gasteiger partial charge in [-0.25, -0.2) is 8.42 Å². The van der Waals surface area contributed by atoms with Gasteiger partial charge in [-0.05, 0) is 27.2 Å². The van der Waals surface area contributed by atoms with Crippen molar-refractivity contribution in [2.24, 2.45) is 10.7 Å². The Bertz CT molecular complexity index is 348. The number of sulfone groups is 1. The maximum atomic E-state index is 11.8. The number of aliphatic imine (C=N–C) groups is 1. The van der Waals surface area contributed by atoms with Crippen LogP contribution in [0.4, 0.5) is 0 Å². The molecule has 0 radical (unpaired) electrons. The van der Waals surface area contributed by atoms with E-state index in [9.17, 15) is 8.42 Å². The molecule has 0 rings (SSSR count). The maximum absolute atomic E-state index is 11.8. The van der Waals surface area contributed by atoms with Crippen LogP contribution in [0.2, 0.25) is 0 Å². The molecule has 7 heteroatoms. The highest BCUT2D eigenvalue weighted by molar-refractivity contribution is 14.0. The summed E-state index contributed by atoms with van der Waals surface area (Å²) in [6.45, 7) is 8.15. The maximum Gasteiger partial charge on any atom is 0.188 e. The first-order valence-corrected chi connectivity index (χ1v) is 7.62. The molecule has 0 aliphatic rings. The van der Waals surface area contributed by atoms with Crippen molar-refractivity contribution in [3.8, 4) is 0 Å². The van der Waals surface area contributed by atoms with Crippen LogP contribution in [0.3, 0.4) is 0 Å². The molecule has 0 unspecified atom stereocenters. The molecule has 0 aliphatic heterocycles. The van der Waals surface area contributed by atoms with Crippen LogP contribution in [-0.2, 0) is 9.84 Å². The Morgan fingerprint density at radius 1 is 1.33 bits per heavy atom. The van der Waals surface area contributed by atoms with Gasteiger partial charge in [0.15, 0.2) is 15.8 Å². The highest BCUT2D eigenvalue weighted by Gasteiger charge is 2.28. The van der Waals surface area contributed by atoms with E-state index in [1.54, 1.807) is 20.8 Å².